The summed E-state index contributed by atoms with van der Waals surface area (Å²) in [5, 5.41) is 16.4. The molecule has 1 aromatic heterocycles. The minimum absolute atomic E-state index is 0.0511. The zero-order valence-electron chi connectivity index (χ0n) is 16.2. The molecule has 2 fully saturated rings. The number of hydrogen-bond acceptors (Lipinski definition) is 6. The molecular formula is C22H19N3O5. The van der Waals surface area contributed by atoms with Gasteiger partial charge < -0.3 is 4.42 Å². The number of nitrogens with zero attached hydrogens (tertiary/aromatic N) is 3. The topological polar surface area (TPSA) is 106 Å². The van der Waals surface area contributed by atoms with Gasteiger partial charge in [-0.15, -0.1) is 0 Å². The zero-order valence-corrected chi connectivity index (χ0v) is 16.2. The van der Waals surface area contributed by atoms with Crippen LogP contribution in [-0.2, 0) is 9.59 Å². The van der Waals surface area contributed by atoms with E-state index in [0.717, 1.165) is 23.4 Å². The van der Waals surface area contributed by atoms with Crippen LogP contribution in [0.4, 0.5) is 5.69 Å². The summed E-state index contributed by atoms with van der Waals surface area (Å²) in [6.07, 6.45) is 7.28. The van der Waals surface area contributed by atoms with Crippen LogP contribution in [0.25, 0.3) is 11.3 Å². The van der Waals surface area contributed by atoms with E-state index in [9.17, 15) is 19.7 Å². The molecule has 2 amide bonds. The molecule has 3 aliphatic carbocycles. The number of nitro groups is 1. The van der Waals surface area contributed by atoms with Crippen molar-refractivity contribution in [3.05, 3.63) is 63.9 Å². The molecule has 0 radical (unpaired) electrons. The summed E-state index contributed by atoms with van der Waals surface area (Å²) in [5.74, 6) is -0.332. The summed E-state index contributed by atoms with van der Waals surface area (Å²) in [6.45, 7) is 1.78. The Balaban J connectivity index is 1.40. The Bertz CT molecular complexity index is 1100. The van der Waals surface area contributed by atoms with Crippen LogP contribution < -0.4 is 0 Å². The number of hydrogen-bond donors (Lipinski definition) is 0. The van der Waals surface area contributed by atoms with Crippen LogP contribution in [0.2, 0.25) is 0 Å². The Morgan fingerprint density at radius 1 is 1.10 bits per heavy atom. The molecule has 1 saturated heterocycles. The van der Waals surface area contributed by atoms with Crippen LogP contribution >= 0.6 is 0 Å². The van der Waals surface area contributed by atoms with Crippen molar-refractivity contribution >= 4 is 23.7 Å². The molecule has 6 rings (SSSR count). The highest BCUT2D eigenvalue weighted by atomic mass is 16.6. The number of carbonyl (C=O) groups excluding carboxylic acids is 2. The minimum atomic E-state index is -0.454. The molecule has 0 spiro atoms. The van der Waals surface area contributed by atoms with Crippen LogP contribution in [0.1, 0.15) is 24.2 Å². The molecule has 1 saturated carbocycles. The number of furan rings is 1. The van der Waals surface area contributed by atoms with Crippen molar-refractivity contribution in [3.63, 3.8) is 0 Å². The van der Waals surface area contributed by atoms with Crippen LogP contribution in [0, 0.1) is 40.7 Å². The SMILES string of the molecule is Cc1ccc(-c2ccc(/C=N\N3C(=O)[C@@H]4[C@H](C3=O)[C@@H]3C=C[C@@H]4CC3)o2)c([N+](=O)[O-])c1. The monoisotopic (exact) mass is 405 g/mol. The largest absolute Gasteiger partial charge is 0.455 e. The number of carbonyl (C=O) groups is 2. The lowest BCUT2D eigenvalue weighted by Crippen LogP contribution is -2.38. The van der Waals surface area contributed by atoms with Crippen molar-refractivity contribution in [3.8, 4) is 11.3 Å². The first kappa shape index (κ1) is 18.5. The molecule has 2 heterocycles. The highest BCUT2D eigenvalue weighted by Crippen LogP contribution is 2.49. The van der Waals surface area contributed by atoms with Crippen molar-refractivity contribution in [2.45, 2.75) is 19.8 Å². The van der Waals surface area contributed by atoms with Crippen molar-refractivity contribution in [1.29, 1.82) is 0 Å². The van der Waals surface area contributed by atoms with Crippen LogP contribution in [-0.4, -0.2) is 28.0 Å². The second-order valence-corrected chi connectivity index (χ2v) is 8.05. The van der Waals surface area contributed by atoms with Gasteiger partial charge in [0.25, 0.3) is 17.5 Å². The smallest absolute Gasteiger partial charge is 0.280 e. The lowest BCUT2D eigenvalue weighted by Gasteiger charge is -2.37. The highest BCUT2D eigenvalue weighted by molar-refractivity contribution is 6.06. The van der Waals surface area contributed by atoms with Gasteiger partial charge in [-0.1, -0.05) is 18.2 Å². The number of amides is 2. The number of rotatable bonds is 4. The molecular weight excluding hydrogens is 386 g/mol. The summed E-state index contributed by atoms with van der Waals surface area (Å²) in [6, 6.07) is 8.10. The summed E-state index contributed by atoms with van der Waals surface area (Å²) >= 11 is 0. The van der Waals surface area contributed by atoms with Gasteiger partial charge in [-0.3, -0.25) is 19.7 Å². The van der Waals surface area contributed by atoms with Crippen LogP contribution in [0.3, 0.4) is 0 Å². The average molecular weight is 405 g/mol. The second-order valence-electron chi connectivity index (χ2n) is 8.05. The van der Waals surface area contributed by atoms with E-state index in [0.29, 0.717) is 17.1 Å². The normalized spacial score (nSPS) is 27.3. The Labute approximate surface area is 172 Å². The molecule has 8 heteroatoms. The predicted molar refractivity (Wildman–Crippen MR) is 107 cm³/mol. The van der Waals surface area contributed by atoms with Gasteiger partial charge in [0.05, 0.1) is 28.5 Å². The Morgan fingerprint density at radius 2 is 1.77 bits per heavy atom. The minimum Gasteiger partial charge on any atom is -0.455 e. The fourth-order valence-corrected chi connectivity index (χ4v) is 4.85. The molecule has 152 valence electrons. The number of fused-ring (bicyclic) bond motifs is 1. The first-order chi connectivity index (χ1) is 14.4. The van der Waals surface area contributed by atoms with Gasteiger partial charge in [-0.2, -0.15) is 10.1 Å². The van der Waals surface area contributed by atoms with E-state index in [1.807, 2.05) is 0 Å². The molecule has 2 aromatic rings. The van der Waals surface area contributed by atoms with Crippen LogP contribution in [0.15, 0.2) is 52.0 Å². The van der Waals surface area contributed by atoms with Gasteiger partial charge in [0.15, 0.2) is 0 Å². The van der Waals surface area contributed by atoms with Gasteiger partial charge in [0, 0.05) is 6.07 Å². The Kier molecular flexibility index (Phi) is 4.16. The number of nitro benzene ring substituents is 1. The molecule has 0 N–H and O–H groups in total. The molecule has 8 nitrogen and oxygen atoms in total. The molecule has 4 atom stereocenters. The molecule has 1 aliphatic heterocycles. The van der Waals surface area contributed by atoms with E-state index >= 15 is 0 Å². The van der Waals surface area contributed by atoms with Gasteiger partial charge in [-0.25, -0.2) is 0 Å². The first-order valence-corrected chi connectivity index (χ1v) is 9.89. The zero-order chi connectivity index (χ0) is 21.0. The number of imide groups is 1. The van der Waals surface area contributed by atoms with Gasteiger partial charge >= 0.3 is 0 Å². The van der Waals surface area contributed by atoms with E-state index in [1.165, 1.54) is 12.3 Å². The van der Waals surface area contributed by atoms with Crippen LogP contribution in [0.5, 0.6) is 0 Å². The van der Waals surface area contributed by atoms with Crippen molar-refractivity contribution in [2.24, 2.45) is 28.8 Å². The van der Waals surface area contributed by atoms with Crippen molar-refractivity contribution < 1.29 is 18.9 Å². The summed E-state index contributed by atoms with van der Waals surface area (Å²) in [7, 11) is 0. The van der Waals surface area contributed by atoms with E-state index in [-0.39, 0.29) is 41.2 Å². The molecule has 2 bridgehead atoms. The highest BCUT2D eigenvalue weighted by Gasteiger charge is 2.56. The summed E-state index contributed by atoms with van der Waals surface area (Å²) in [5.41, 5.74) is 1.08. The van der Waals surface area contributed by atoms with Gasteiger partial charge in [0.1, 0.15) is 11.5 Å². The average Bonchev–Trinajstić information content (AvgIpc) is 3.31. The Morgan fingerprint density at radius 3 is 2.37 bits per heavy atom. The molecule has 30 heavy (non-hydrogen) atoms. The van der Waals surface area contributed by atoms with Gasteiger partial charge in [0.2, 0.25) is 0 Å². The lowest BCUT2D eigenvalue weighted by atomic mass is 9.63. The molecule has 1 aromatic carbocycles. The first-order valence-electron chi connectivity index (χ1n) is 9.89. The quantitative estimate of drug-likeness (QED) is 0.254. The number of allylic oxidation sites excluding steroid dienone is 2. The second kappa shape index (κ2) is 6.76. The standard InChI is InChI=1S/C22H19N3O5/c1-12-2-8-16(17(10-12)25(28)29)18-9-7-15(30-18)11-23-24-21(26)19-13-3-4-14(6-5-13)20(19)22(24)27/h2-4,7-11,13-14,19-20H,5-6H2,1H3/b23-11-/t13-,14-,19-,20+/m1/s1. The van der Waals surface area contributed by atoms with E-state index in [4.69, 9.17) is 4.42 Å². The third kappa shape index (κ3) is 2.79. The summed E-state index contributed by atoms with van der Waals surface area (Å²) in [4.78, 5) is 36.5. The number of benzene rings is 1. The fourth-order valence-electron chi connectivity index (χ4n) is 4.85. The maximum Gasteiger partial charge on any atom is 0.280 e. The third-order valence-corrected chi connectivity index (χ3v) is 6.28. The number of hydrazone groups is 1. The number of aryl methyl sites for hydroxylation is 1. The maximum absolute atomic E-state index is 12.8. The van der Waals surface area contributed by atoms with E-state index in [1.54, 1.807) is 31.2 Å². The van der Waals surface area contributed by atoms with E-state index < -0.39 is 4.92 Å². The van der Waals surface area contributed by atoms with Crippen molar-refractivity contribution in [1.82, 2.24) is 5.01 Å². The lowest BCUT2D eigenvalue weighted by molar-refractivity contribution is -0.384. The van der Waals surface area contributed by atoms with Crippen molar-refractivity contribution in [2.75, 3.05) is 0 Å². The van der Waals surface area contributed by atoms with Gasteiger partial charge in [-0.05, 0) is 55.4 Å². The Hall–Kier alpha value is -3.55. The van der Waals surface area contributed by atoms with E-state index in [2.05, 4.69) is 17.3 Å². The molecule has 4 aliphatic rings. The summed E-state index contributed by atoms with van der Waals surface area (Å²) < 4.78 is 5.69. The maximum atomic E-state index is 12.8. The predicted octanol–water partition coefficient (Wildman–Crippen LogP) is 3.69. The third-order valence-electron chi connectivity index (χ3n) is 6.28. The molecule has 0 unspecified atom stereocenters. The fraction of sp³-hybridized carbons (Fsp3) is 0.318.